The number of benzene rings is 1. The molecule has 0 amide bonds. The lowest BCUT2D eigenvalue weighted by molar-refractivity contribution is 0.122. The van der Waals surface area contributed by atoms with Crippen molar-refractivity contribution in [2.45, 2.75) is 19.4 Å². The number of hydrogen-bond acceptors (Lipinski definition) is 7. The third-order valence-corrected chi connectivity index (χ3v) is 5.23. The Labute approximate surface area is 175 Å². The molecule has 1 aliphatic heterocycles. The van der Waals surface area contributed by atoms with Crippen molar-refractivity contribution in [1.82, 2.24) is 20.0 Å². The topological polar surface area (TPSA) is 85.2 Å². The molecule has 2 aromatic heterocycles. The van der Waals surface area contributed by atoms with Crippen LogP contribution >= 0.6 is 0 Å². The summed E-state index contributed by atoms with van der Waals surface area (Å²) in [6, 6.07) is 4.87. The lowest BCUT2D eigenvalue weighted by Gasteiger charge is -2.27. The van der Waals surface area contributed by atoms with Crippen LogP contribution in [0.3, 0.4) is 0 Å². The predicted molar refractivity (Wildman–Crippen MR) is 109 cm³/mol. The Morgan fingerprint density at radius 1 is 1.16 bits per heavy atom. The number of rotatable bonds is 5. The first-order valence-electron chi connectivity index (χ1n) is 9.77. The van der Waals surface area contributed by atoms with Gasteiger partial charge in [0.1, 0.15) is 5.82 Å². The average molecular weight is 434 g/mol. The fourth-order valence-corrected chi connectivity index (χ4v) is 3.53. The number of aryl methyl sites for hydroxylation is 1. The third kappa shape index (κ3) is 4.05. The molecule has 0 radical (unpaired) electrons. The summed E-state index contributed by atoms with van der Waals surface area (Å²) in [7, 11) is 1.47. The van der Waals surface area contributed by atoms with Gasteiger partial charge in [-0.15, -0.1) is 10.2 Å². The van der Waals surface area contributed by atoms with Crippen molar-refractivity contribution in [3.8, 4) is 0 Å². The second kappa shape index (κ2) is 8.50. The van der Waals surface area contributed by atoms with Gasteiger partial charge in [0.25, 0.3) is 12.0 Å². The van der Waals surface area contributed by atoms with Crippen LogP contribution < -0.4 is 15.8 Å². The number of hydrogen-bond donors (Lipinski definition) is 1. The second-order valence-corrected chi connectivity index (χ2v) is 7.26. The van der Waals surface area contributed by atoms with E-state index in [2.05, 4.69) is 20.6 Å². The van der Waals surface area contributed by atoms with E-state index in [1.165, 1.54) is 19.2 Å². The molecule has 0 unspecified atom stereocenters. The molecule has 31 heavy (non-hydrogen) atoms. The van der Waals surface area contributed by atoms with Crippen LogP contribution in [0.25, 0.3) is 10.9 Å². The largest absolute Gasteiger partial charge is 0.378 e. The number of fused-ring (bicyclic) bond motifs is 1. The van der Waals surface area contributed by atoms with E-state index in [0.717, 1.165) is 10.7 Å². The summed E-state index contributed by atoms with van der Waals surface area (Å²) < 4.78 is 47.2. The molecule has 1 aliphatic rings. The summed E-state index contributed by atoms with van der Waals surface area (Å²) in [6.45, 7) is 3.99. The molecule has 11 heteroatoms. The molecule has 0 saturated carbocycles. The van der Waals surface area contributed by atoms with Gasteiger partial charge in [-0.05, 0) is 13.0 Å². The highest BCUT2D eigenvalue weighted by Crippen LogP contribution is 2.30. The van der Waals surface area contributed by atoms with Crippen LogP contribution in [0.5, 0.6) is 0 Å². The quantitative estimate of drug-likeness (QED) is 0.661. The Morgan fingerprint density at radius 2 is 1.87 bits per heavy atom. The normalized spacial score (nSPS) is 15.5. The summed E-state index contributed by atoms with van der Waals surface area (Å²) in [6.07, 6.45) is -2.92. The first-order valence-corrected chi connectivity index (χ1v) is 9.77. The molecular weight excluding hydrogens is 413 g/mol. The van der Waals surface area contributed by atoms with Crippen molar-refractivity contribution in [2.75, 3.05) is 36.5 Å². The molecule has 1 fully saturated rings. The van der Waals surface area contributed by atoms with Gasteiger partial charge in [0.05, 0.1) is 30.2 Å². The van der Waals surface area contributed by atoms with Crippen LogP contribution in [0.4, 0.5) is 24.8 Å². The summed E-state index contributed by atoms with van der Waals surface area (Å²) in [5, 5.41) is 16.0. The van der Waals surface area contributed by atoms with Gasteiger partial charge in [0.15, 0.2) is 17.2 Å². The van der Waals surface area contributed by atoms with Crippen LogP contribution in [-0.4, -0.2) is 46.3 Å². The van der Waals surface area contributed by atoms with E-state index < -0.39 is 29.4 Å². The monoisotopic (exact) mass is 434 g/mol. The molecule has 0 bridgehead atoms. The van der Waals surface area contributed by atoms with E-state index >= 15 is 0 Å². The summed E-state index contributed by atoms with van der Waals surface area (Å²) >= 11 is 0. The van der Waals surface area contributed by atoms with Crippen LogP contribution in [0, 0.1) is 5.82 Å². The molecule has 164 valence electrons. The average Bonchev–Trinajstić information content (AvgIpc) is 2.77. The molecule has 8 nitrogen and oxygen atoms in total. The molecule has 0 aliphatic carbocycles. The molecular formula is C20H21F3N6O2. The Balaban J connectivity index is 1.75. The molecule has 3 aromatic rings. The number of nitrogens with one attached hydrogen (secondary N) is 1. The zero-order valence-corrected chi connectivity index (χ0v) is 17.0. The van der Waals surface area contributed by atoms with Crippen molar-refractivity contribution in [1.29, 1.82) is 0 Å². The Bertz CT molecular complexity index is 1160. The van der Waals surface area contributed by atoms with Crippen LogP contribution in [0.1, 0.15) is 30.5 Å². The minimum absolute atomic E-state index is 0.0667. The number of nitrogens with zero attached hydrogens (tertiary/aromatic N) is 5. The minimum atomic E-state index is -2.92. The maximum absolute atomic E-state index is 14.6. The van der Waals surface area contributed by atoms with Crippen molar-refractivity contribution in [2.24, 2.45) is 7.05 Å². The fourth-order valence-electron chi connectivity index (χ4n) is 3.53. The van der Waals surface area contributed by atoms with Gasteiger partial charge in [-0.2, -0.15) is 5.10 Å². The number of ether oxygens (including phenoxy) is 1. The van der Waals surface area contributed by atoms with Gasteiger partial charge in [-0.25, -0.2) is 17.9 Å². The van der Waals surface area contributed by atoms with E-state index in [4.69, 9.17) is 4.74 Å². The molecule has 0 spiro atoms. The number of morpholine rings is 1. The maximum Gasteiger partial charge on any atom is 0.295 e. The Kier molecular flexibility index (Phi) is 5.77. The number of halogens is 3. The Hall–Kier alpha value is -3.21. The highest BCUT2D eigenvalue weighted by Gasteiger charge is 2.22. The van der Waals surface area contributed by atoms with E-state index in [9.17, 15) is 18.0 Å². The SMILES string of the molecule is C[C@@H](Nc1nn(C)c(=O)c2nnc(N3CCOCC3)cc12)c1cccc(C(F)F)c1F. The fraction of sp³-hybridized carbons (Fsp3) is 0.400. The van der Waals surface area contributed by atoms with E-state index in [0.29, 0.717) is 37.5 Å². The zero-order valence-electron chi connectivity index (χ0n) is 17.0. The molecule has 3 heterocycles. The van der Waals surface area contributed by atoms with E-state index in [1.807, 2.05) is 4.90 Å². The van der Waals surface area contributed by atoms with E-state index in [1.54, 1.807) is 13.0 Å². The van der Waals surface area contributed by atoms with Crippen LogP contribution in [-0.2, 0) is 11.8 Å². The standard InChI is InChI=1S/C20H21F3N6O2/c1-11(12-4-3-5-13(16(12)21)18(22)23)24-19-14-10-15(29-6-8-31-9-7-29)25-26-17(14)20(30)28(2)27-19/h3-5,10-11,18H,6-9H2,1-2H3,(H,24,27)/t11-/m1/s1. The summed E-state index contributed by atoms with van der Waals surface area (Å²) in [5.41, 5.74) is -0.923. The molecule has 1 atom stereocenters. The van der Waals surface area contributed by atoms with Crippen molar-refractivity contribution in [3.63, 3.8) is 0 Å². The van der Waals surface area contributed by atoms with Gasteiger partial charge in [0, 0.05) is 25.7 Å². The highest BCUT2D eigenvalue weighted by atomic mass is 19.3. The maximum atomic E-state index is 14.6. The number of aromatic nitrogens is 4. The second-order valence-electron chi connectivity index (χ2n) is 7.26. The summed E-state index contributed by atoms with van der Waals surface area (Å²) in [5.74, 6) is -0.135. The first-order chi connectivity index (χ1) is 14.9. The van der Waals surface area contributed by atoms with E-state index in [-0.39, 0.29) is 16.9 Å². The molecule has 1 aromatic carbocycles. The predicted octanol–water partition coefficient (Wildman–Crippen LogP) is 2.81. The molecule has 1 N–H and O–H groups in total. The molecule has 4 rings (SSSR count). The number of anilines is 2. The lowest BCUT2D eigenvalue weighted by Crippen LogP contribution is -2.37. The van der Waals surface area contributed by atoms with Crippen LogP contribution in [0.15, 0.2) is 29.1 Å². The highest BCUT2D eigenvalue weighted by molar-refractivity contribution is 5.89. The van der Waals surface area contributed by atoms with Crippen LogP contribution in [0.2, 0.25) is 0 Å². The van der Waals surface area contributed by atoms with Gasteiger partial charge in [-0.3, -0.25) is 4.79 Å². The zero-order chi connectivity index (χ0) is 22.1. The van der Waals surface area contributed by atoms with Gasteiger partial charge < -0.3 is 15.0 Å². The van der Waals surface area contributed by atoms with Gasteiger partial charge >= 0.3 is 0 Å². The van der Waals surface area contributed by atoms with Gasteiger partial charge in [0.2, 0.25) is 0 Å². The smallest absolute Gasteiger partial charge is 0.295 e. The lowest BCUT2D eigenvalue weighted by atomic mass is 10.0. The van der Waals surface area contributed by atoms with Crippen molar-refractivity contribution in [3.05, 3.63) is 51.6 Å². The minimum Gasteiger partial charge on any atom is -0.378 e. The third-order valence-electron chi connectivity index (χ3n) is 5.23. The van der Waals surface area contributed by atoms with Gasteiger partial charge in [-0.1, -0.05) is 18.2 Å². The Morgan fingerprint density at radius 3 is 2.58 bits per heavy atom. The summed E-state index contributed by atoms with van der Waals surface area (Å²) in [4.78, 5) is 14.5. The number of alkyl halides is 2. The van der Waals surface area contributed by atoms with Crippen molar-refractivity contribution >= 4 is 22.5 Å². The first kappa shape index (κ1) is 21.0. The van der Waals surface area contributed by atoms with Crippen molar-refractivity contribution < 1.29 is 17.9 Å². The molecule has 1 saturated heterocycles.